The maximum atomic E-state index is 11.9. The predicted octanol–water partition coefficient (Wildman–Crippen LogP) is 2.72. The number of carbonyl (C=O) groups is 1. The lowest BCUT2D eigenvalue weighted by Gasteiger charge is -2.04. The fraction of sp³-hybridized carbons (Fsp3) is 0.154. The Morgan fingerprint density at radius 2 is 2.24 bits per heavy atom. The van der Waals surface area contributed by atoms with Crippen LogP contribution in [0.2, 0.25) is 0 Å². The predicted molar refractivity (Wildman–Crippen MR) is 86.7 cm³/mol. The molecule has 1 N–H and O–H groups in total. The van der Waals surface area contributed by atoms with Gasteiger partial charge >= 0.3 is 0 Å². The summed E-state index contributed by atoms with van der Waals surface area (Å²) >= 11 is 6.64. The van der Waals surface area contributed by atoms with Gasteiger partial charge in [0.15, 0.2) is 5.69 Å². The highest BCUT2D eigenvalue weighted by Crippen LogP contribution is 2.21. The van der Waals surface area contributed by atoms with Gasteiger partial charge in [0, 0.05) is 23.3 Å². The Labute approximate surface area is 138 Å². The van der Waals surface area contributed by atoms with E-state index in [2.05, 4.69) is 47.5 Å². The Kier molecular flexibility index (Phi) is 5.13. The van der Waals surface area contributed by atoms with E-state index >= 15 is 0 Å². The van der Waals surface area contributed by atoms with Crippen LogP contribution in [0, 0.1) is 0 Å². The number of nitrogens with zero attached hydrogens (tertiary/aromatic N) is 3. The fourth-order valence-electron chi connectivity index (χ4n) is 1.63. The van der Waals surface area contributed by atoms with Crippen LogP contribution in [0.4, 0.5) is 0 Å². The SMILES string of the molecule is COc1ccc(Br)cc1C=NNC(=O)c1nn(C)cc1Br. The number of benzene rings is 1. The van der Waals surface area contributed by atoms with Gasteiger partial charge in [-0.1, -0.05) is 15.9 Å². The normalized spacial score (nSPS) is 10.9. The van der Waals surface area contributed by atoms with Crippen LogP contribution in [0.5, 0.6) is 5.75 Å². The number of rotatable bonds is 4. The highest BCUT2D eigenvalue weighted by atomic mass is 79.9. The average molecular weight is 416 g/mol. The number of halogens is 2. The lowest BCUT2D eigenvalue weighted by Crippen LogP contribution is -2.19. The summed E-state index contributed by atoms with van der Waals surface area (Å²) in [5.41, 5.74) is 3.44. The van der Waals surface area contributed by atoms with E-state index in [1.165, 1.54) is 6.21 Å². The topological polar surface area (TPSA) is 68.5 Å². The van der Waals surface area contributed by atoms with Gasteiger partial charge < -0.3 is 4.74 Å². The van der Waals surface area contributed by atoms with E-state index in [-0.39, 0.29) is 5.69 Å². The van der Waals surface area contributed by atoms with Gasteiger partial charge in [0.25, 0.3) is 5.91 Å². The summed E-state index contributed by atoms with van der Waals surface area (Å²) in [7, 11) is 3.31. The van der Waals surface area contributed by atoms with Crippen LogP contribution in [0.25, 0.3) is 0 Å². The van der Waals surface area contributed by atoms with Gasteiger partial charge in [0.1, 0.15) is 5.75 Å². The number of nitrogens with one attached hydrogen (secondary N) is 1. The minimum Gasteiger partial charge on any atom is -0.496 e. The van der Waals surface area contributed by atoms with E-state index in [1.807, 2.05) is 18.2 Å². The first-order valence-corrected chi connectivity index (χ1v) is 7.46. The Balaban J connectivity index is 2.11. The van der Waals surface area contributed by atoms with Crippen molar-refractivity contribution in [3.8, 4) is 5.75 Å². The highest BCUT2D eigenvalue weighted by Gasteiger charge is 2.13. The summed E-state index contributed by atoms with van der Waals surface area (Å²) in [6, 6.07) is 5.51. The van der Waals surface area contributed by atoms with Crippen molar-refractivity contribution in [2.75, 3.05) is 7.11 Å². The molecule has 0 unspecified atom stereocenters. The summed E-state index contributed by atoms with van der Waals surface area (Å²) in [6.07, 6.45) is 3.20. The number of methoxy groups -OCH3 is 1. The molecule has 0 bridgehead atoms. The van der Waals surface area contributed by atoms with Gasteiger partial charge in [0.05, 0.1) is 17.8 Å². The maximum Gasteiger partial charge on any atom is 0.293 e. The monoisotopic (exact) mass is 414 g/mol. The Bertz CT molecular complexity index is 697. The first kappa shape index (κ1) is 15.7. The smallest absolute Gasteiger partial charge is 0.293 e. The second-order valence-corrected chi connectivity index (χ2v) is 5.85. The summed E-state index contributed by atoms with van der Waals surface area (Å²) in [4.78, 5) is 11.9. The standard InChI is InChI=1S/C13H12Br2N4O2/c1-19-7-10(15)12(18-19)13(20)17-16-6-8-5-9(14)3-4-11(8)21-2/h3-7H,1-2H3,(H,17,20). The zero-order chi connectivity index (χ0) is 15.4. The molecule has 2 aromatic rings. The Morgan fingerprint density at radius 3 is 2.86 bits per heavy atom. The molecule has 6 nitrogen and oxygen atoms in total. The quantitative estimate of drug-likeness (QED) is 0.616. The van der Waals surface area contributed by atoms with Crippen LogP contribution >= 0.6 is 31.9 Å². The summed E-state index contributed by atoms with van der Waals surface area (Å²) < 4.78 is 8.26. The Hall–Kier alpha value is -1.67. The highest BCUT2D eigenvalue weighted by molar-refractivity contribution is 9.10. The van der Waals surface area contributed by atoms with Crippen LogP contribution in [-0.4, -0.2) is 29.0 Å². The molecule has 0 saturated heterocycles. The van der Waals surface area contributed by atoms with Crippen molar-refractivity contribution in [2.24, 2.45) is 12.1 Å². The molecule has 1 heterocycles. The van der Waals surface area contributed by atoms with Crippen molar-refractivity contribution in [3.63, 3.8) is 0 Å². The number of aromatic nitrogens is 2. The molecule has 0 atom stereocenters. The van der Waals surface area contributed by atoms with E-state index in [0.29, 0.717) is 10.2 Å². The average Bonchev–Trinajstić information content (AvgIpc) is 2.78. The molecule has 2 rings (SSSR count). The van der Waals surface area contributed by atoms with Gasteiger partial charge in [0.2, 0.25) is 0 Å². The van der Waals surface area contributed by atoms with Crippen LogP contribution in [0.1, 0.15) is 16.1 Å². The zero-order valence-electron chi connectivity index (χ0n) is 11.3. The number of hydrogen-bond acceptors (Lipinski definition) is 4. The summed E-state index contributed by atoms with van der Waals surface area (Å²) in [5.74, 6) is 0.267. The maximum absolute atomic E-state index is 11.9. The number of aryl methyl sites for hydroxylation is 1. The molecule has 1 amide bonds. The lowest BCUT2D eigenvalue weighted by molar-refractivity contribution is 0.0948. The molecule has 0 saturated carbocycles. The third kappa shape index (κ3) is 3.92. The molecule has 0 aliphatic rings. The minimum absolute atomic E-state index is 0.274. The molecule has 1 aromatic heterocycles. The molecule has 21 heavy (non-hydrogen) atoms. The molecular weight excluding hydrogens is 404 g/mol. The van der Waals surface area contributed by atoms with Crippen molar-refractivity contribution in [1.29, 1.82) is 0 Å². The second kappa shape index (κ2) is 6.86. The van der Waals surface area contributed by atoms with Gasteiger partial charge in [-0.2, -0.15) is 10.2 Å². The van der Waals surface area contributed by atoms with Gasteiger partial charge in [-0.05, 0) is 34.1 Å². The summed E-state index contributed by atoms with van der Waals surface area (Å²) in [6.45, 7) is 0. The van der Waals surface area contributed by atoms with Gasteiger partial charge in [-0.3, -0.25) is 9.48 Å². The van der Waals surface area contributed by atoms with Crippen LogP contribution < -0.4 is 10.2 Å². The number of ether oxygens (including phenoxy) is 1. The van der Waals surface area contributed by atoms with Crippen LogP contribution in [-0.2, 0) is 7.05 Å². The molecule has 8 heteroatoms. The number of hydrogen-bond donors (Lipinski definition) is 1. The molecule has 0 fully saturated rings. The van der Waals surface area contributed by atoms with Crippen LogP contribution in [0.3, 0.4) is 0 Å². The molecule has 0 radical (unpaired) electrons. The Morgan fingerprint density at radius 1 is 1.48 bits per heavy atom. The van der Waals surface area contributed by atoms with E-state index < -0.39 is 5.91 Å². The van der Waals surface area contributed by atoms with Crippen molar-refractivity contribution in [3.05, 3.63) is 44.6 Å². The molecular formula is C13H12Br2N4O2. The molecule has 110 valence electrons. The first-order valence-electron chi connectivity index (χ1n) is 5.87. The van der Waals surface area contributed by atoms with Crippen molar-refractivity contribution in [2.45, 2.75) is 0 Å². The van der Waals surface area contributed by atoms with E-state index in [1.54, 1.807) is 25.0 Å². The second-order valence-electron chi connectivity index (χ2n) is 4.08. The van der Waals surface area contributed by atoms with Gasteiger partial charge in [-0.25, -0.2) is 5.43 Å². The number of amides is 1. The van der Waals surface area contributed by atoms with E-state index in [0.717, 1.165) is 10.0 Å². The molecule has 0 aliphatic carbocycles. The van der Waals surface area contributed by atoms with E-state index in [9.17, 15) is 4.79 Å². The lowest BCUT2D eigenvalue weighted by atomic mass is 10.2. The van der Waals surface area contributed by atoms with E-state index in [4.69, 9.17) is 4.74 Å². The third-order valence-corrected chi connectivity index (χ3v) is 3.63. The molecule has 0 aliphatic heterocycles. The fourth-order valence-corrected chi connectivity index (χ4v) is 2.57. The first-order chi connectivity index (χ1) is 10.0. The largest absolute Gasteiger partial charge is 0.496 e. The minimum atomic E-state index is -0.396. The van der Waals surface area contributed by atoms with Gasteiger partial charge in [-0.15, -0.1) is 0 Å². The number of hydrazone groups is 1. The van der Waals surface area contributed by atoms with Crippen molar-refractivity contribution < 1.29 is 9.53 Å². The van der Waals surface area contributed by atoms with Crippen molar-refractivity contribution >= 4 is 44.0 Å². The number of carbonyl (C=O) groups excluding carboxylic acids is 1. The third-order valence-electron chi connectivity index (χ3n) is 2.56. The summed E-state index contributed by atoms with van der Waals surface area (Å²) in [5, 5.41) is 7.96. The molecule has 1 aromatic carbocycles. The van der Waals surface area contributed by atoms with Crippen molar-refractivity contribution in [1.82, 2.24) is 15.2 Å². The molecule has 0 spiro atoms. The zero-order valence-corrected chi connectivity index (χ0v) is 14.5. The van der Waals surface area contributed by atoms with Crippen LogP contribution in [0.15, 0.2) is 38.4 Å².